The molecular weight excluding hydrogens is 295 g/mol. The van der Waals surface area contributed by atoms with Crippen molar-refractivity contribution >= 4 is 21.6 Å². The molecule has 2 aromatic carbocycles. The molecule has 1 amide bonds. The van der Waals surface area contributed by atoms with Gasteiger partial charge in [0.25, 0.3) is 5.91 Å². The summed E-state index contributed by atoms with van der Waals surface area (Å²) in [6, 6.07) is 9.41. The highest BCUT2D eigenvalue weighted by atomic mass is 32.2. The average molecular weight is 308 g/mol. The van der Waals surface area contributed by atoms with Crippen LogP contribution in [-0.4, -0.2) is 14.3 Å². The van der Waals surface area contributed by atoms with Crippen LogP contribution in [0, 0.1) is 12.7 Å². The van der Waals surface area contributed by atoms with Crippen LogP contribution in [0.2, 0.25) is 0 Å². The number of hydrogen-bond donors (Lipinski definition) is 2. The highest BCUT2D eigenvalue weighted by Gasteiger charge is 2.15. The Labute approximate surface area is 121 Å². The van der Waals surface area contributed by atoms with Crippen LogP contribution >= 0.6 is 0 Å². The van der Waals surface area contributed by atoms with Crippen LogP contribution in [0.5, 0.6) is 0 Å². The van der Waals surface area contributed by atoms with Gasteiger partial charge in [0.15, 0.2) is 0 Å². The SMILES string of the molecule is Cc1c(NC(=O)c2ccc(F)cc2)cccc1S(N)(=O)=O. The summed E-state index contributed by atoms with van der Waals surface area (Å²) >= 11 is 0. The average Bonchev–Trinajstić information content (AvgIpc) is 2.40. The summed E-state index contributed by atoms with van der Waals surface area (Å²) in [4.78, 5) is 12.0. The Morgan fingerprint density at radius 3 is 2.33 bits per heavy atom. The van der Waals surface area contributed by atoms with Crippen molar-refractivity contribution in [1.29, 1.82) is 0 Å². The van der Waals surface area contributed by atoms with Gasteiger partial charge < -0.3 is 5.32 Å². The van der Waals surface area contributed by atoms with E-state index in [1.807, 2.05) is 0 Å². The van der Waals surface area contributed by atoms with Gasteiger partial charge in [-0.25, -0.2) is 17.9 Å². The van der Waals surface area contributed by atoms with E-state index in [-0.39, 0.29) is 10.5 Å². The minimum Gasteiger partial charge on any atom is -0.322 e. The number of nitrogens with one attached hydrogen (secondary N) is 1. The van der Waals surface area contributed by atoms with Crippen molar-refractivity contribution in [2.75, 3.05) is 5.32 Å². The van der Waals surface area contributed by atoms with Gasteiger partial charge in [0, 0.05) is 11.3 Å². The summed E-state index contributed by atoms with van der Waals surface area (Å²) in [6.07, 6.45) is 0. The maximum Gasteiger partial charge on any atom is 0.255 e. The van der Waals surface area contributed by atoms with E-state index in [1.165, 1.54) is 36.4 Å². The lowest BCUT2D eigenvalue weighted by Gasteiger charge is -2.11. The van der Waals surface area contributed by atoms with Gasteiger partial charge in [0.1, 0.15) is 5.82 Å². The molecule has 0 aliphatic rings. The van der Waals surface area contributed by atoms with Crippen LogP contribution in [0.4, 0.5) is 10.1 Å². The summed E-state index contributed by atoms with van der Waals surface area (Å²) in [5.41, 5.74) is 0.933. The number of anilines is 1. The molecule has 2 rings (SSSR count). The van der Waals surface area contributed by atoms with Crippen LogP contribution in [0.25, 0.3) is 0 Å². The molecule has 0 aromatic heterocycles. The molecule has 0 spiro atoms. The number of carbonyl (C=O) groups is 1. The first kappa shape index (κ1) is 15.1. The molecule has 110 valence electrons. The molecule has 0 aliphatic heterocycles. The van der Waals surface area contributed by atoms with Gasteiger partial charge in [-0.05, 0) is 48.9 Å². The summed E-state index contributed by atoms with van der Waals surface area (Å²) in [6.45, 7) is 1.54. The molecule has 0 heterocycles. The second-order valence-electron chi connectivity index (χ2n) is 4.43. The topological polar surface area (TPSA) is 89.3 Å². The lowest BCUT2D eigenvalue weighted by molar-refractivity contribution is 0.102. The van der Waals surface area contributed by atoms with Gasteiger partial charge >= 0.3 is 0 Å². The highest BCUT2D eigenvalue weighted by Crippen LogP contribution is 2.22. The van der Waals surface area contributed by atoms with E-state index < -0.39 is 21.7 Å². The van der Waals surface area contributed by atoms with Gasteiger partial charge in [0.2, 0.25) is 10.0 Å². The third-order valence-electron chi connectivity index (χ3n) is 2.95. The van der Waals surface area contributed by atoms with Crippen LogP contribution in [-0.2, 0) is 10.0 Å². The molecule has 0 fully saturated rings. The molecule has 21 heavy (non-hydrogen) atoms. The van der Waals surface area contributed by atoms with Crippen molar-refractivity contribution in [3.63, 3.8) is 0 Å². The molecule has 2 aromatic rings. The minimum atomic E-state index is -3.86. The monoisotopic (exact) mass is 308 g/mol. The number of carbonyl (C=O) groups excluding carboxylic acids is 1. The third-order valence-corrected chi connectivity index (χ3v) is 4.00. The summed E-state index contributed by atoms with van der Waals surface area (Å²) in [5, 5.41) is 7.68. The summed E-state index contributed by atoms with van der Waals surface area (Å²) in [7, 11) is -3.86. The molecule has 0 saturated heterocycles. The maximum absolute atomic E-state index is 12.8. The molecule has 0 atom stereocenters. The molecule has 0 aliphatic carbocycles. The van der Waals surface area contributed by atoms with Gasteiger partial charge in [0.05, 0.1) is 4.90 Å². The number of primary sulfonamides is 1. The molecule has 0 radical (unpaired) electrons. The van der Waals surface area contributed by atoms with E-state index in [0.717, 1.165) is 0 Å². The van der Waals surface area contributed by atoms with Crippen LogP contribution in [0.15, 0.2) is 47.4 Å². The van der Waals surface area contributed by atoms with E-state index in [2.05, 4.69) is 5.32 Å². The Morgan fingerprint density at radius 2 is 1.76 bits per heavy atom. The Hall–Kier alpha value is -2.25. The normalized spacial score (nSPS) is 11.2. The highest BCUT2D eigenvalue weighted by molar-refractivity contribution is 7.89. The van der Waals surface area contributed by atoms with E-state index in [9.17, 15) is 17.6 Å². The van der Waals surface area contributed by atoms with E-state index in [4.69, 9.17) is 5.14 Å². The van der Waals surface area contributed by atoms with Gasteiger partial charge in [-0.1, -0.05) is 6.07 Å². The van der Waals surface area contributed by atoms with Crippen molar-refractivity contribution in [3.8, 4) is 0 Å². The smallest absolute Gasteiger partial charge is 0.255 e. The van der Waals surface area contributed by atoms with Crippen LogP contribution < -0.4 is 10.5 Å². The third kappa shape index (κ3) is 3.45. The first-order chi connectivity index (χ1) is 9.79. The molecular formula is C14H13FN2O3S. The Morgan fingerprint density at radius 1 is 1.14 bits per heavy atom. The van der Waals surface area contributed by atoms with Crippen molar-refractivity contribution in [2.45, 2.75) is 11.8 Å². The van der Waals surface area contributed by atoms with Crippen molar-refractivity contribution in [2.24, 2.45) is 5.14 Å². The second-order valence-corrected chi connectivity index (χ2v) is 5.96. The maximum atomic E-state index is 12.8. The predicted molar refractivity (Wildman–Crippen MR) is 76.9 cm³/mol. The predicted octanol–water partition coefficient (Wildman–Crippen LogP) is 2.03. The number of amides is 1. The lowest BCUT2D eigenvalue weighted by atomic mass is 10.1. The minimum absolute atomic E-state index is 0.0561. The number of benzene rings is 2. The number of hydrogen-bond acceptors (Lipinski definition) is 3. The number of nitrogens with two attached hydrogens (primary N) is 1. The van der Waals surface area contributed by atoms with Gasteiger partial charge in [-0.2, -0.15) is 0 Å². The standard InChI is InChI=1S/C14H13FN2O3S/c1-9-12(3-2-4-13(9)21(16,19)20)17-14(18)10-5-7-11(15)8-6-10/h2-8H,1H3,(H,17,18)(H2,16,19,20). The molecule has 7 heteroatoms. The fraction of sp³-hybridized carbons (Fsp3) is 0.0714. The van der Waals surface area contributed by atoms with Crippen molar-refractivity contribution < 1.29 is 17.6 Å². The van der Waals surface area contributed by atoms with E-state index >= 15 is 0 Å². The lowest BCUT2D eigenvalue weighted by Crippen LogP contribution is -2.17. The fourth-order valence-electron chi connectivity index (χ4n) is 1.85. The number of sulfonamides is 1. The van der Waals surface area contributed by atoms with Crippen molar-refractivity contribution in [3.05, 3.63) is 59.4 Å². The molecule has 0 bridgehead atoms. The van der Waals surface area contributed by atoms with Gasteiger partial charge in [-0.15, -0.1) is 0 Å². The number of rotatable bonds is 3. The summed E-state index contributed by atoms with van der Waals surface area (Å²) < 4.78 is 35.7. The first-order valence-electron chi connectivity index (χ1n) is 5.98. The van der Waals surface area contributed by atoms with Crippen LogP contribution in [0.3, 0.4) is 0 Å². The fourth-order valence-corrected chi connectivity index (χ4v) is 2.66. The van der Waals surface area contributed by atoms with Gasteiger partial charge in [-0.3, -0.25) is 4.79 Å². The zero-order valence-corrected chi connectivity index (χ0v) is 11.9. The molecule has 0 saturated carbocycles. The zero-order valence-electron chi connectivity index (χ0n) is 11.1. The largest absolute Gasteiger partial charge is 0.322 e. The zero-order chi connectivity index (χ0) is 15.6. The second kappa shape index (κ2) is 5.63. The quantitative estimate of drug-likeness (QED) is 0.909. The first-order valence-corrected chi connectivity index (χ1v) is 7.53. The Balaban J connectivity index is 2.32. The number of halogens is 1. The van der Waals surface area contributed by atoms with Crippen molar-refractivity contribution in [1.82, 2.24) is 0 Å². The van der Waals surface area contributed by atoms with Crippen LogP contribution in [0.1, 0.15) is 15.9 Å². The Kier molecular flexibility index (Phi) is 4.06. The van der Waals surface area contributed by atoms with E-state index in [1.54, 1.807) is 13.0 Å². The Bertz CT molecular complexity index is 786. The van der Waals surface area contributed by atoms with E-state index in [0.29, 0.717) is 11.3 Å². The molecule has 0 unspecified atom stereocenters. The summed E-state index contributed by atoms with van der Waals surface area (Å²) in [5.74, 6) is -0.913. The molecule has 5 nitrogen and oxygen atoms in total. The molecule has 3 N–H and O–H groups in total.